The van der Waals surface area contributed by atoms with E-state index in [4.69, 9.17) is 4.74 Å². The zero-order valence-corrected chi connectivity index (χ0v) is 17.1. The molecule has 0 bridgehead atoms. The number of carbonyl (C=O) groups is 1. The molecule has 2 aromatic rings. The van der Waals surface area contributed by atoms with E-state index in [1.54, 1.807) is 7.11 Å². The largest absolute Gasteiger partial charge is 0.383 e. The van der Waals surface area contributed by atoms with Crippen LogP contribution in [0.2, 0.25) is 0 Å². The zero-order chi connectivity index (χ0) is 18.9. The minimum atomic E-state index is -0.0465. The van der Waals surface area contributed by atoms with Crippen LogP contribution < -0.4 is 15.5 Å². The van der Waals surface area contributed by atoms with E-state index >= 15 is 0 Å². The molecule has 3 rings (SSSR count). The summed E-state index contributed by atoms with van der Waals surface area (Å²) < 4.78 is 5.75. The maximum absolute atomic E-state index is 12.2. The monoisotopic (exact) mass is 407 g/mol. The lowest BCUT2D eigenvalue weighted by Gasteiger charge is -2.28. The molecule has 146 valence electrons. The second-order valence-corrected chi connectivity index (χ2v) is 8.42. The summed E-state index contributed by atoms with van der Waals surface area (Å²) in [7, 11) is 1.66. The van der Waals surface area contributed by atoms with Gasteiger partial charge in [-0.3, -0.25) is 4.79 Å². The number of anilines is 3. The highest BCUT2D eigenvalue weighted by Gasteiger charge is 2.11. The van der Waals surface area contributed by atoms with Gasteiger partial charge in [0.05, 0.1) is 12.4 Å². The molecule has 2 heterocycles. The predicted molar refractivity (Wildman–Crippen MR) is 112 cm³/mol. The number of carbonyl (C=O) groups excluding carboxylic acids is 1. The Morgan fingerprint density at radius 1 is 1.22 bits per heavy atom. The fourth-order valence-electron chi connectivity index (χ4n) is 2.83. The van der Waals surface area contributed by atoms with E-state index in [2.05, 4.69) is 37.9 Å². The van der Waals surface area contributed by atoms with Gasteiger partial charge in [-0.2, -0.15) is 0 Å². The minimum absolute atomic E-state index is 0.0465. The first-order valence-electron chi connectivity index (χ1n) is 9.08. The van der Waals surface area contributed by atoms with Gasteiger partial charge < -0.3 is 20.3 Å². The lowest BCUT2D eigenvalue weighted by atomic mass is 10.1. The minimum Gasteiger partial charge on any atom is -0.383 e. The SMILES string of the molecule is COCCNc1nnc(SCC(=O)Nc2ccc(N3CCCCC3)cc2)s1. The van der Waals surface area contributed by atoms with Gasteiger partial charge in [-0.25, -0.2) is 0 Å². The Balaban J connectivity index is 1.42. The fourth-order valence-corrected chi connectivity index (χ4v) is 4.41. The van der Waals surface area contributed by atoms with Crippen LogP contribution in [0.15, 0.2) is 28.6 Å². The summed E-state index contributed by atoms with van der Waals surface area (Å²) in [5.74, 6) is 0.260. The number of benzene rings is 1. The lowest BCUT2D eigenvalue weighted by molar-refractivity contribution is -0.113. The second kappa shape index (κ2) is 10.5. The van der Waals surface area contributed by atoms with Crippen molar-refractivity contribution in [3.05, 3.63) is 24.3 Å². The van der Waals surface area contributed by atoms with E-state index in [1.165, 1.54) is 48.0 Å². The molecule has 27 heavy (non-hydrogen) atoms. The van der Waals surface area contributed by atoms with Crippen LogP contribution >= 0.6 is 23.1 Å². The number of methoxy groups -OCH3 is 1. The molecule has 1 aliphatic rings. The Hall–Kier alpha value is -1.84. The molecule has 1 aromatic heterocycles. The summed E-state index contributed by atoms with van der Waals surface area (Å²) >= 11 is 2.82. The Morgan fingerprint density at radius 2 is 2.00 bits per heavy atom. The van der Waals surface area contributed by atoms with Crippen molar-refractivity contribution in [2.45, 2.75) is 23.6 Å². The van der Waals surface area contributed by atoms with Crippen molar-refractivity contribution in [1.82, 2.24) is 10.2 Å². The van der Waals surface area contributed by atoms with Crippen molar-refractivity contribution in [2.75, 3.05) is 54.6 Å². The van der Waals surface area contributed by atoms with E-state index in [0.29, 0.717) is 18.9 Å². The number of ether oxygens (including phenoxy) is 1. The Morgan fingerprint density at radius 3 is 2.74 bits per heavy atom. The van der Waals surface area contributed by atoms with Crippen molar-refractivity contribution in [1.29, 1.82) is 0 Å². The first-order valence-corrected chi connectivity index (χ1v) is 10.9. The zero-order valence-electron chi connectivity index (χ0n) is 15.4. The van der Waals surface area contributed by atoms with Gasteiger partial charge in [-0.1, -0.05) is 23.1 Å². The third-order valence-electron chi connectivity index (χ3n) is 4.19. The number of hydrogen-bond acceptors (Lipinski definition) is 8. The maximum Gasteiger partial charge on any atom is 0.234 e. The molecular formula is C18H25N5O2S2. The van der Waals surface area contributed by atoms with Crippen LogP contribution in [-0.2, 0) is 9.53 Å². The van der Waals surface area contributed by atoms with E-state index in [1.807, 2.05) is 12.1 Å². The van der Waals surface area contributed by atoms with Crippen LogP contribution in [0, 0.1) is 0 Å². The normalized spacial score (nSPS) is 14.2. The topological polar surface area (TPSA) is 79.4 Å². The molecular weight excluding hydrogens is 382 g/mol. The van der Waals surface area contributed by atoms with Crippen molar-refractivity contribution in [3.63, 3.8) is 0 Å². The number of aromatic nitrogens is 2. The summed E-state index contributed by atoms with van der Waals surface area (Å²) in [6, 6.07) is 8.10. The number of amides is 1. The van der Waals surface area contributed by atoms with Gasteiger partial charge in [0.15, 0.2) is 4.34 Å². The molecule has 1 aliphatic heterocycles. The molecule has 0 saturated carbocycles. The van der Waals surface area contributed by atoms with Crippen molar-refractivity contribution in [2.24, 2.45) is 0 Å². The molecule has 0 spiro atoms. The number of nitrogens with zero attached hydrogens (tertiary/aromatic N) is 3. The molecule has 0 aliphatic carbocycles. The number of nitrogens with one attached hydrogen (secondary N) is 2. The van der Waals surface area contributed by atoms with Crippen LogP contribution in [0.1, 0.15) is 19.3 Å². The highest BCUT2D eigenvalue weighted by Crippen LogP contribution is 2.26. The van der Waals surface area contributed by atoms with Gasteiger partial charge in [-0.15, -0.1) is 10.2 Å². The van der Waals surface area contributed by atoms with Gasteiger partial charge in [0.1, 0.15) is 0 Å². The third-order valence-corrected chi connectivity index (χ3v) is 6.20. The van der Waals surface area contributed by atoms with Gasteiger partial charge in [0.25, 0.3) is 0 Å². The quantitative estimate of drug-likeness (QED) is 0.488. The Bertz CT molecular complexity index is 717. The van der Waals surface area contributed by atoms with Crippen LogP contribution in [-0.4, -0.2) is 55.2 Å². The van der Waals surface area contributed by atoms with E-state index in [0.717, 1.165) is 28.2 Å². The molecule has 9 heteroatoms. The summed E-state index contributed by atoms with van der Waals surface area (Å²) in [5, 5.41) is 14.9. The van der Waals surface area contributed by atoms with Crippen molar-refractivity contribution < 1.29 is 9.53 Å². The van der Waals surface area contributed by atoms with Crippen molar-refractivity contribution in [3.8, 4) is 0 Å². The molecule has 1 aromatic carbocycles. The fraction of sp³-hybridized carbons (Fsp3) is 0.500. The molecule has 0 atom stereocenters. The smallest absolute Gasteiger partial charge is 0.234 e. The summed E-state index contributed by atoms with van der Waals surface area (Å²) in [6.45, 7) is 3.53. The average molecular weight is 408 g/mol. The molecule has 7 nitrogen and oxygen atoms in total. The summed E-state index contributed by atoms with van der Waals surface area (Å²) in [4.78, 5) is 14.6. The standard InChI is InChI=1S/C18H25N5O2S2/c1-25-12-9-19-17-21-22-18(27-17)26-13-16(24)20-14-5-7-15(8-6-14)23-10-3-2-4-11-23/h5-8H,2-4,9-13H2,1H3,(H,19,21)(H,20,24). The van der Waals surface area contributed by atoms with Gasteiger partial charge in [-0.05, 0) is 43.5 Å². The van der Waals surface area contributed by atoms with Crippen LogP contribution in [0.25, 0.3) is 0 Å². The maximum atomic E-state index is 12.2. The van der Waals surface area contributed by atoms with Gasteiger partial charge in [0, 0.05) is 38.1 Å². The highest BCUT2D eigenvalue weighted by molar-refractivity contribution is 8.01. The Labute approximate surface area is 167 Å². The number of thioether (sulfide) groups is 1. The number of hydrogen-bond donors (Lipinski definition) is 2. The second-order valence-electron chi connectivity index (χ2n) is 6.22. The van der Waals surface area contributed by atoms with E-state index < -0.39 is 0 Å². The van der Waals surface area contributed by atoms with E-state index in [-0.39, 0.29) is 5.91 Å². The summed E-state index contributed by atoms with van der Waals surface area (Å²) in [5.41, 5.74) is 2.05. The van der Waals surface area contributed by atoms with Crippen LogP contribution in [0.5, 0.6) is 0 Å². The third kappa shape index (κ3) is 6.37. The molecule has 2 N–H and O–H groups in total. The molecule has 1 amide bonds. The van der Waals surface area contributed by atoms with Gasteiger partial charge >= 0.3 is 0 Å². The number of piperidine rings is 1. The first kappa shape index (κ1) is 19.9. The highest BCUT2D eigenvalue weighted by atomic mass is 32.2. The average Bonchev–Trinajstić information content (AvgIpc) is 3.16. The number of rotatable bonds is 9. The molecule has 1 fully saturated rings. The molecule has 0 unspecified atom stereocenters. The molecule has 1 saturated heterocycles. The van der Waals surface area contributed by atoms with Crippen LogP contribution in [0.3, 0.4) is 0 Å². The van der Waals surface area contributed by atoms with Gasteiger partial charge in [0.2, 0.25) is 11.0 Å². The van der Waals surface area contributed by atoms with Crippen LogP contribution in [0.4, 0.5) is 16.5 Å². The lowest BCUT2D eigenvalue weighted by Crippen LogP contribution is -2.29. The summed E-state index contributed by atoms with van der Waals surface area (Å²) in [6.07, 6.45) is 3.83. The van der Waals surface area contributed by atoms with Crippen molar-refractivity contribution >= 4 is 45.5 Å². The predicted octanol–water partition coefficient (Wildman–Crippen LogP) is 3.32. The first-order chi connectivity index (χ1) is 13.2. The van der Waals surface area contributed by atoms with E-state index in [9.17, 15) is 4.79 Å². The molecule has 0 radical (unpaired) electrons. The Kier molecular flexibility index (Phi) is 7.73.